The van der Waals surface area contributed by atoms with Gasteiger partial charge in [0, 0.05) is 19.0 Å². The van der Waals surface area contributed by atoms with E-state index in [4.69, 9.17) is 33.2 Å². The summed E-state index contributed by atoms with van der Waals surface area (Å²) in [7, 11) is 0. The van der Waals surface area contributed by atoms with E-state index in [1.54, 1.807) is 16.8 Å². The number of esters is 1. The monoisotopic (exact) mass is 518 g/mol. The van der Waals surface area contributed by atoms with Gasteiger partial charge in [-0.25, -0.2) is 4.98 Å². The number of nitrogens with zero attached hydrogens (tertiary/aromatic N) is 3. The molecule has 1 aliphatic heterocycles. The number of carbonyl (C=O) groups is 1. The molecule has 198 valence electrons. The highest BCUT2D eigenvalue weighted by atomic mass is 35.5. The molecule has 1 aliphatic rings. The smallest absolute Gasteiger partial charge is 0.305 e. The highest BCUT2D eigenvalue weighted by Crippen LogP contribution is 2.39. The predicted molar refractivity (Wildman–Crippen MR) is 141 cm³/mol. The van der Waals surface area contributed by atoms with Gasteiger partial charge in [-0.2, -0.15) is 4.98 Å². The fraction of sp³-hybridized carbons (Fsp3) is 0.667. The van der Waals surface area contributed by atoms with Crippen molar-refractivity contribution in [1.82, 2.24) is 14.5 Å². The molecular formula is C27H39ClN4O4. The van der Waals surface area contributed by atoms with Crippen molar-refractivity contribution < 1.29 is 19.4 Å². The number of aliphatic hydroxyl groups excluding tert-OH is 1. The number of anilines is 1. The molecule has 0 bridgehead atoms. The van der Waals surface area contributed by atoms with E-state index in [2.05, 4.69) is 22.8 Å². The van der Waals surface area contributed by atoms with Crippen molar-refractivity contribution in [3.05, 3.63) is 17.5 Å². The maximum absolute atomic E-state index is 12.3. The lowest BCUT2D eigenvalue weighted by atomic mass is 9.99. The van der Waals surface area contributed by atoms with Gasteiger partial charge >= 0.3 is 5.97 Å². The van der Waals surface area contributed by atoms with E-state index in [1.165, 1.54) is 51.4 Å². The Kier molecular flexibility index (Phi) is 10.8. The van der Waals surface area contributed by atoms with Crippen LogP contribution in [-0.4, -0.2) is 43.9 Å². The molecule has 0 amide bonds. The zero-order valence-corrected chi connectivity index (χ0v) is 22.0. The molecule has 0 spiro atoms. The Bertz CT molecular complexity index is 1040. The third-order valence-electron chi connectivity index (χ3n) is 6.87. The van der Waals surface area contributed by atoms with E-state index >= 15 is 0 Å². The lowest BCUT2D eigenvalue weighted by Gasteiger charge is -2.26. The normalized spacial score (nSPS) is 21.6. The van der Waals surface area contributed by atoms with Crippen molar-refractivity contribution in [2.75, 3.05) is 12.3 Å². The molecule has 1 fully saturated rings. The summed E-state index contributed by atoms with van der Waals surface area (Å²) < 4.78 is 13.2. The minimum Gasteiger partial charge on any atom is -0.461 e. The summed E-state index contributed by atoms with van der Waals surface area (Å²) >= 11 is 5.97. The van der Waals surface area contributed by atoms with Gasteiger partial charge in [0.15, 0.2) is 5.60 Å². The molecule has 0 aliphatic carbocycles. The van der Waals surface area contributed by atoms with Crippen LogP contribution in [-0.2, 0) is 14.3 Å². The Balaban J connectivity index is 1.40. The van der Waals surface area contributed by atoms with Crippen molar-refractivity contribution in [3.8, 4) is 12.3 Å². The van der Waals surface area contributed by atoms with E-state index in [1.807, 2.05) is 0 Å². The number of unbranched alkanes of at least 4 members (excludes halogenated alkanes) is 10. The molecule has 0 aromatic carbocycles. The molecular weight excluding hydrogens is 480 g/mol. The molecule has 9 heteroatoms. The number of rotatable bonds is 15. The Morgan fingerprint density at radius 2 is 1.86 bits per heavy atom. The summed E-state index contributed by atoms with van der Waals surface area (Å²) in [5, 5.41) is 11.4. The molecule has 1 saturated heterocycles. The Hall–Kier alpha value is -2.34. The molecule has 3 atom stereocenters. The Morgan fingerprint density at radius 1 is 1.22 bits per heavy atom. The van der Waals surface area contributed by atoms with Crippen molar-refractivity contribution in [2.45, 2.75) is 108 Å². The summed E-state index contributed by atoms with van der Waals surface area (Å²) in [6, 6.07) is 1.75. The van der Waals surface area contributed by atoms with Crippen LogP contribution in [0.1, 0.15) is 96.6 Å². The van der Waals surface area contributed by atoms with Gasteiger partial charge in [-0.1, -0.05) is 77.1 Å². The number of ether oxygens (including phenoxy) is 2. The molecule has 3 rings (SSSR count). The van der Waals surface area contributed by atoms with Gasteiger partial charge in [-0.05, 0) is 24.1 Å². The van der Waals surface area contributed by atoms with Gasteiger partial charge in [0.25, 0.3) is 0 Å². The van der Waals surface area contributed by atoms with Crippen LogP contribution < -0.4 is 5.73 Å². The van der Waals surface area contributed by atoms with Crippen LogP contribution >= 0.6 is 11.6 Å². The molecule has 0 saturated carbocycles. The predicted octanol–water partition coefficient (Wildman–Crippen LogP) is 5.56. The van der Waals surface area contributed by atoms with Gasteiger partial charge in [-0.3, -0.25) is 4.79 Å². The van der Waals surface area contributed by atoms with Crippen molar-refractivity contribution in [2.24, 2.45) is 0 Å². The lowest BCUT2D eigenvalue weighted by Crippen LogP contribution is -2.43. The number of aromatic nitrogens is 3. The van der Waals surface area contributed by atoms with E-state index in [9.17, 15) is 9.90 Å². The maximum Gasteiger partial charge on any atom is 0.305 e. The van der Waals surface area contributed by atoms with E-state index < -0.39 is 17.9 Å². The van der Waals surface area contributed by atoms with Crippen LogP contribution in [0.5, 0.6) is 0 Å². The van der Waals surface area contributed by atoms with Crippen molar-refractivity contribution in [3.63, 3.8) is 0 Å². The Morgan fingerprint density at radius 3 is 2.50 bits per heavy atom. The first-order valence-electron chi connectivity index (χ1n) is 13.2. The first-order chi connectivity index (χ1) is 17.4. The fourth-order valence-electron chi connectivity index (χ4n) is 4.68. The van der Waals surface area contributed by atoms with Crippen molar-refractivity contribution >= 4 is 34.4 Å². The zero-order chi connectivity index (χ0) is 26.0. The number of hydrogen-bond donors (Lipinski definition) is 2. The minimum atomic E-state index is -1.43. The van der Waals surface area contributed by atoms with E-state index in [-0.39, 0.29) is 30.1 Å². The topological polar surface area (TPSA) is 112 Å². The van der Waals surface area contributed by atoms with Crippen LogP contribution in [0.25, 0.3) is 11.0 Å². The lowest BCUT2D eigenvalue weighted by molar-refractivity contribution is -0.156. The zero-order valence-electron chi connectivity index (χ0n) is 21.3. The van der Waals surface area contributed by atoms with Crippen LogP contribution in [0.3, 0.4) is 0 Å². The summed E-state index contributed by atoms with van der Waals surface area (Å²) in [5.74, 6) is 2.43. The number of carbonyl (C=O) groups excluding carboxylic acids is 1. The second-order valence-corrected chi connectivity index (χ2v) is 9.98. The number of fused-ring (bicyclic) bond motifs is 1. The molecule has 36 heavy (non-hydrogen) atoms. The summed E-state index contributed by atoms with van der Waals surface area (Å²) in [5.41, 5.74) is 4.97. The SMILES string of the molecule is C#C[C@]1(COC(=O)CCCCCCCCCCCCC)O[C@@H](n2ccc3c(N)nc(Cl)nc32)C[C@@H]1O. The molecule has 8 nitrogen and oxygen atoms in total. The minimum absolute atomic E-state index is 0.0121. The van der Waals surface area contributed by atoms with Gasteiger partial charge in [0.1, 0.15) is 30.4 Å². The van der Waals surface area contributed by atoms with Gasteiger partial charge < -0.3 is 24.9 Å². The maximum atomic E-state index is 12.3. The third kappa shape index (κ3) is 7.34. The van der Waals surface area contributed by atoms with Crippen LogP contribution in [0, 0.1) is 12.3 Å². The number of aliphatic hydroxyl groups is 1. The second-order valence-electron chi connectivity index (χ2n) is 9.64. The molecule has 2 aromatic heterocycles. The van der Waals surface area contributed by atoms with Crippen molar-refractivity contribution in [1.29, 1.82) is 0 Å². The second kappa shape index (κ2) is 13.8. The number of nitrogens with two attached hydrogens (primary N) is 1. The molecule has 3 N–H and O–H groups in total. The first-order valence-corrected chi connectivity index (χ1v) is 13.6. The summed E-state index contributed by atoms with van der Waals surface area (Å²) in [4.78, 5) is 20.5. The summed E-state index contributed by atoms with van der Waals surface area (Å²) in [6.45, 7) is 2.02. The quantitative estimate of drug-likeness (QED) is 0.137. The molecule has 3 heterocycles. The van der Waals surface area contributed by atoms with E-state index in [0.717, 1.165) is 19.3 Å². The highest BCUT2D eigenvalue weighted by molar-refractivity contribution is 6.28. The average molecular weight is 519 g/mol. The van der Waals surface area contributed by atoms with Gasteiger partial charge in [0.05, 0.1) is 5.39 Å². The van der Waals surface area contributed by atoms with E-state index in [0.29, 0.717) is 17.5 Å². The van der Waals surface area contributed by atoms with Gasteiger partial charge in [0.2, 0.25) is 5.28 Å². The fourth-order valence-corrected chi connectivity index (χ4v) is 4.85. The summed E-state index contributed by atoms with van der Waals surface area (Å²) in [6.07, 6.45) is 19.7. The number of hydrogen-bond acceptors (Lipinski definition) is 7. The standard InChI is InChI=1S/C27H39ClN4O4/c1-3-5-6-7-8-9-10-11-12-13-14-15-23(34)35-19-27(4-2)21(33)18-22(36-27)32-17-16-20-24(29)30-26(28)31-25(20)32/h2,16-17,21-22,33H,3,5-15,18-19H2,1H3,(H2,29,30,31)/t21-,22+,27+/m0/s1. The molecule has 0 unspecified atom stereocenters. The van der Waals surface area contributed by atoms with Gasteiger partial charge in [-0.15, -0.1) is 6.42 Å². The highest BCUT2D eigenvalue weighted by Gasteiger charge is 2.49. The molecule has 2 aromatic rings. The van der Waals surface area contributed by atoms with Crippen LogP contribution in [0.15, 0.2) is 12.3 Å². The Labute approximate surface area is 218 Å². The third-order valence-corrected chi connectivity index (χ3v) is 7.04. The molecule has 0 radical (unpaired) electrons. The first kappa shape index (κ1) is 28.2. The van der Waals surface area contributed by atoms with Crippen LogP contribution in [0.4, 0.5) is 5.82 Å². The number of nitrogen functional groups attached to an aromatic ring is 1. The average Bonchev–Trinajstić information content (AvgIpc) is 3.42. The number of halogens is 1. The largest absolute Gasteiger partial charge is 0.461 e. The number of terminal acetylenes is 1. The van der Waals surface area contributed by atoms with Crippen LogP contribution in [0.2, 0.25) is 5.28 Å².